The van der Waals surface area contributed by atoms with Gasteiger partial charge in [0.05, 0.1) is 12.6 Å². The molecule has 236 valence electrons. The van der Waals surface area contributed by atoms with Gasteiger partial charge in [0, 0.05) is 30.6 Å². The minimum Gasteiger partial charge on any atom is -0.370 e. The zero-order valence-electron chi connectivity index (χ0n) is 23.9. The van der Waals surface area contributed by atoms with Gasteiger partial charge in [-0.3, -0.25) is 19.4 Å². The molecule has 8 N–H and O–H groups in total. The number of benzene rings is 2. The number of aliphatic hydroxyl groups is 2. The molecule has 4 amide bonds. The summed E-state index contributed by atoms with van der Waals surface area (Å²) in [6.07, 6.45) is -0.828. The third-order valence-electron chi connectivity index (χ3n) is 9.31. The fraction of sp³-hybridized carbons (Fsp3) is 0.414. The Hall–Kier alpha value is -4.83. The Morgan fingerprint density at radius 1 is 1.09 bits per heavy atom. The molecule has 45 heavy (non-hydrogen) atoms. The van der Waals surface area contributed by atoms with Crippen molar-refractivity contribution in [3.05, 3.63) is 65.2 Å². The number of nitrogens with two attached hydrogens (primary N) is 2. The molecular formula is C29H31F2N9O5. The maximum absolute atomic E-state index is 14.3. The molecule has 2 fully saturated rings. The molecule has 1 aliphatic carbocycles. The zero-order valence-corrected chi connectivity index (χ0v) is 23.9. The Bertz CT molecular complexity index is 1670. The number of carbonyl (C=O) groups is 3. The highest BCUT2D eigenvalue weighted by molar-refractivity contribution is 6.12. The predicted octanol–water partition coefficient (Wildman–Crippen LogP) is -0.946. The molecule has 2 saturated heterocycles. The largest absolute Gasteiger partial charge is 0.370 e. The highest BCUT2D eigenvalue weighted by atomic mass is 19.3. The van der Waals surface area contributed by atoms with Crippen molar-refractivity contribution in [1.82, 2.24) is 20.4 Å². The van der Waals surface area contributed by atoms with Gasteiger partial charge in [-0.15, -0.1) is 0 Å². The average molecular weight is 624 g/mol. The van der Waals surface area contributed by atoms with E-state index in [1.54, 1.807) is 42.5 Å². The van der Waals surface area contributed by atoms with E-state index in [-0.39, 0.29) is 55.5 Å². The number of para-hydroxylation sites is 1. The molecule has 7 rings (SSSR count). The van der Waals surface area contributed by atoms with E-state index in [1.807, 2.05) is 0 Å². The number of guanidine groups is 2. The summed E-state index contributed by atoms with van der Waals surface area (Å²) >= 11 is 0. The number of urea groups is 1. The van der Waals surface area contributed by atoms with Gasteiger partial charge < -0.3 is 37.2 Å². The van der Waals surface area contributed by atoms with E-state index in [0.29, 0.717) is 11.3 Å². The van der Waals surface area contributed by atoms with Crippen LogP contribution in [0.3, 0.4) is 0 Å². The first kappa shape index (κ1) is 28.9. The van der Waals surface area contributed by atoms with Crippen molar-refractivity contribution in [2.75, 3.05) is 24.5 Å². The fourth-order valence-electron chi connectivity index (χ4n) is 7.14. The lowest BCUT2D eigenvalue weighted by molar-refractivity contribution is -0.230. The summed E-state index contributed by atoms with van der Waals surface area (Å²) in [6, 6.07) is 9.12. The van der Waals surface area contributed by atoms with E-state index in [4.69, 9.17) is 11.5 Å². The molecule has 2 aromatic rings. The van der Waals surface area contributed by atoms with E-state index in [0.717, 1.165) is 4.90 Å². The molecule has 4 heterocycles. The topological polar surface area (TPSA) is 202 Å². The second-order valence-electron chi connectivity index (χ2n) is 12.0. The highest BCUT2D eigenvalue weighted by Gasteiger charge is 2.73. The van der Waals surface area contributed by atoms with Crippen molar-refractivity contribution < 1.29 is 33.4 Å². The maximum atomic E-state index is 14.3. The molecule has 1 unspecified atom stereocenters. The Labute approximate surface area is 255 Å². The lowest BCUT2D eigenvalue weighted by atomic mass is 9.84. The van der Waals surface area contributed by atoms with Crippen molar-refractivity contribution in [1.29, 1.82) is 0 Å². The molecule has 16 heteroatoms. The number of aryl methyl sites for hydroxylation is 1. The van der Waals surface area contributed by atoms with Gasteiger partial charge in [-0.05, 0) is 35.7 Å². The number of rotatable bonds is 5. The van der Waals surface area contributed by atoms with Crippen LogP contribution in [0, 0.1) is 0 Å². The van der Waals surface area contributed by atoms with Crippen molar-refractivity contribution in [3.8, 4) is 0 Å². The van der Waals surface area contributed by atoms with Crippen LogP contribution in [-0.2, 0) is 17.6 Å². The standard InChI is InChI=1S/C29H31F2N9O5/c30-27(31)10-9-15-5-4-8-17(18(15)11-27)23(42)35-20-13-40-25(33)34-19(22-28(40,29(20,44)45)37-24(32)36-22)12-39-21(41)14-38(26(39)43)16-6-2-1-3-7-16/h1-8,19-20,22,44-45H,9-14H2,(H2,33,34)(H,35,42)(H3,32,36,37)/t19-,20?,22-,28-/m0/s1. The van der Waals surface area contributed by atoms with Crippen LogP contribution in [0.1, 0.15) is 27.9 Å². The van der Waals surface area contributed by atoms with Crippen molar-refractivity contribution in [2.24, 2.45) is 21.5 Å². The zero-order chi connectivity index (χ0) is 31.9. The molecule has 14 nitrogen and oxygen atoms in total. The summed E-state index contributed by atoms with van der Waals surface area (Å²) < 4.78 is 28.6. The summed E-state index contributed by atoms with van der Waals surface area (Å²) in [5, 5.41) is 28.9. The number of nitrogens with zero attached hydrogens (tertiary/aromatic N) is 5. The molecule has 4 atom stereocenters. The molecule has 5 aliphatic rings. The molecule has 0 aromatic heterocycles. The van der Waals surface area contributed by atoms with Crippen LogP contribution in [0.2, 0.25) is 0 Å². The smallest absolute Gasteiger partial charge is 0.331 e. The van der Waals surface area contributed by atoms with E-state index < -0.39 is 59.8 Å². The summed E-state index contributed by atoms with van der Waals surface area (Å²) in [7, 11) is 0. The number of nitrogens with one attached hydrogen (secondary N) is 2. The molecule has 2 aromatic carbocycles. The first-order valence-corrected chi connectivity index (χ1v) is 14.5. The van der Waals surface area contributed by atoms with Crippen LogP contribution >= 0.6 is 0 Å². The van der Waals surface area contributed by atoms with Gasteiger partial charge in [0.2, 0.25) is 5.79 Å². The van der Waals surface area contributed by atoms with Gasteiger partial charge >= 0.3 is 6.03 Å². The Kier molecular flexibility index (Phi) is 6.32. The third kappa shape index (κ3) is 4.30. The normalized spacial score (nSPS) is 29.4. The van der Waals surface area contributed by atoms with Crippen molar-refractivity contribution >= 4 is 35.5 Å². The summed E-state index contributed by atoms with van der Waals surface area (Å²) in [6.45, 7) is -0.757. The fourth-order valence-corrected chi connectivity index (χ4v) is 7.14. The van der Waals surface area contributed by atoms with E-state index in [1.165, 1.54) is 15.9 Å². The number of amides is 4. The number of alkyl halides is 2. The third-order valence-corrected chi connectivity index (χ3v) is 9.31. The minimum absolute atomic E-state index is 0.00489. The summed E-state index contributed by atoms with van der Waals surface area (Å²) in [5.74, 6) is -7.39. The van der Waals surface area contributed by atoms with Gasteiger partial charge in [0.25, 0.3) is 17.7 Å². The maximum Gasteiger partial charge on any atom is 0.331 e. The lowest BCUT2D eigenvalue weighted by Crippen LogP contribution is -2.78. The highest BCUT2D eigenvalue weighted by Crippen LogP contribution is 2.45. The first-order valence-electron chi connectivity index (χ1n) is 14.5. The van der Waals surface area contributed by atoms with Crippen molar-refractivity contribution in [3.63, 3.8) is 0 Å². The second-order valence-corrected chi connectivity index (χ2v) is 12.0. The van der Waals surface area contributed by atoms with Gasteiger partial charge in [0.1, 0.15) is 18.6 Å². The SMILES string of the molecule is NC1=N[C@H]2[C@H](CN3C(=O)CN(c4ccccc4)C3=O)N=C(N)N3CC(NC(=O)c4cccc5c4CC(F)(F)CC5)C(O)(O)[C@]23N1. The average Bonchev–Trinajstić information content (AvgIpc) is 3.57. The molecule has 0 saturated carbocycles. The van der Waals surface area contributed by atoms with Crippen LogP contribution in [0.5, 0.6) is 0 Å². The Morgan fingerprint density at radius 3 is 2.60 bits per heavy atom. The predicted molar refractivity (Wildman–Crippen MR) is 156 cm³/mol. The summed E-state index contributed by atoms with van der Waals surface area (Å²) in [4.78, 5) is 52.3. The number of hydrogen-bond acceptors (Lipinski definition) is 11. The molecule has 1 spiro atoms. The lowest BCUT2D eigenvalue weighted by Gasteiger charge is -2.49. The number of fused-ring (bicyclic) bond motifs is 1. The van der Waals surface area contributed by atoms with Crippen LogP contribution < -0.4 is 27.0 Å². The molecule has 0 radical (unpaired) electrons. The van der Waals surface area contributed by atoms with E-state index >= 15 is 0 Å². The van der Waals surface area contributed by atoms with Gasteiger partial charge in [-0.2, -0.15) is 0 Å². The van der Waals surface area contributed by atoms with Crippen molar-refractivity contribution in [2.45, 2.75) is 54.8 Å². The first-order chi connectivity index (χ1) is 21.3. The van der Waals surface area contributed by atoms with E-state index in [2.05, 4.69) is 20.6 Å². The monoisotopic (exact) mass is 623 g/mol. The number of imide groups is 1. The minimum atomic E-state index is -2.97. The van der Waals surface area contributed by atoms with Crippen LogP contribution in [0.25, 0.3) is 0 Å². The number of hydrogen-bond donors (Lipinski definition) is 6. The van der Waals surface area contributed by atoms with Crippen LogP contribution in [0.4, 0.5) is 19.3 Å². The quantitative estimate of drug-likeness (QED) is 0.179. The summed E-state index contributed by atoms with van der Waals surface area (Å²) in [5.41, 5.74) is 11.8. The Morgan fingerprint density at radius 2 is 1.84 bits per heavy atom. The number of aliphatic imine (C=N–C) groups is 2. The van der Waals surface area contributed by atoms with Gasteiger partial charge in [-0.1, -0.05) is 30.3 Å². The molecular weight excluding hydrogens is 592 g/mol. The molecule has 4 aliphatic heterocycles. The van der Waals surface area contributed by atoms with Crippen LogP contribution in [0.15, 0.2) is 58.5 Å². The number of carbonyl (C=O) groups excluding carboxylic acids is 3. The number of halogens is 2. The van der Waals surface area contributed by atoms with E-state index in [9.17, 15) is 33.4 Å². The van der Waals surface area contributed by atoms with Gasteiger partial charge in [-0.25, -0.2) is 23.6 Å². The van der Waals surface area contributed by atoms with Gasteiger partial charge in [0.15, 0.2) is 17.6 Å². The molecule has 0 bridgehead atoms. The van der Waals surface area contributed by atoms with Crippen LogP contribution in [-0.4, -0.2) is 105 Å². The number of anilines is 1. The Balaban J connectivity index is 1.16. The second kappa shape index (κ2) is 9.84.